The predicted octanol–water partition coefficient (Wildman–Crippen LogP) is 2.39. The Morgan fingerprint density at radius 2 is 2.27 bits per heavy atom. The molecule has 3 aromatic heterocycles. The molecular weight excluding hydrogens is 452 g/mol. The van der Waals surface area contributed by atoms with Crippen molar-refractivity contribution in [1.29, 1.82) is 0 Å². The number of fused-ring (bicyclic) bond motifs is 1. The molecule has 0 aliphatic rings. The molecule has 0 aliphatic heterocycles. The summed E-state index contributed by atoms with van der Waals surface area (Å²) in [6.45, 7) is 8.89. The maximum absolute atomic E-state index is 12.6. The quantitative estimate of drug-likeness (QED) is 0.455. The van der Waals surface area contributed by atoms with Crippen molar-refractivity contribution in [3.63, 3.8) is 0 Å². The van der Waals surface area contributed by atoms with Crippen LogP contribution in [-0.2, 0) is 11.8 Å². The molecule has 3 aromatic rings. The maximum Gasteiger partial charge on any atom is 0.274 e. The van der Waals surface area contributed by atoms with Crippen LogP contribution in [-0.4, -0.2) is 73.6 Å². The number of hydrogen-bond donors (Lipinski definition) is 2. The van der Waals surface area contributed by atoms with E-state index in [0.717, 1.165) is 16.7 Å². The van der Waals surface area contributed by atoms with E-state index in [1.165, 1.54) is 0 Å². The lowest BCUT2D eigenvalue weighted by Crippen LogP contribution is -2.32. The monoisotopic (exact) mass is 476 g/mol. The lowest BCUT2D eigenvalue weighted by atomic mass is 10.2. The Labute approximate surface area is 182 Å². The molecule has 0 spiro atoms. The van der Waals surface area contributed by atoms with Crippen LogP contribution < -0.4 is 5.32 Å². The Bertz CT molecular complexity index is 1060. The number of carbonyl (C=O) groups is 1. The molecule has 160 valence electrons. The van der Waals surface area contributed by atoms with Crippen LogP contribution in [0.2, 0.25) is 0 Å². The van der Waals surface area contributed by atoms with Gasteiger partial charge in [-0.1, -0.05) is 12.7 Å². The second-order valence-corrected chi connectivity index (χ2v) is 7.78. The standard InChI is InChI=1S/C19H25BrN8O2/c1-6-13-9-28(5)26-15(13)18(29)27(4)7-8-30-10-11(2)21-19-22-12(3)14-16(23-19)17(20)25-24-14/h6,9,11H,1,7-8,10H2,2-5H3,(H,24,25)(H,21,22,23)/t11-/m1/s1. The number of ether oxygens (including phenoxy) is 1. The summed E-state index contributed by atoms with van der Waals surface area (Å²) in [4.78, 5) is 23.1. The predicted molar refractivity (Wildman–Crippen MR) is 118 cm³/mol. The van der Waals surface area contributed by atoms with Gasteiger partial charge in [-0.05, 0) is 29.8 Å². The molecule has 0 radical (unpaired) electrons. The fourth-order valence-corrected chi connectivity index (χ4v) is 3.28. The van der Waals surface area contributed by atoms with Crippen molar-refractivity contribution in [2.75, 3.05) is 32.1 Å². The van der Waals surface area contributed by atoms with Crippen LogP contribution in [0.1, 0.15) is 28.7 Å². The molecule has 3 rings (SSSR count). The lowest BCUT2D eigenvalue weighted by molar-refractivity contribution is 0.0682. The van der Waals surface area contributed by atoms with Crippen LogP contribution in [0.3, 0.4) is 0 Å². The highest BCUT2D eigenvalue weighted by Gasteiger charge is 2.18. The van der Waals surface area contributed by atoms with Crippen molar-refractivity contribution in [3.05, 3.63) is 34.3 Å². The average Bonchev–Trinajstić information content (AvgIpc) is 3.27. The van der Waals surface area contributed by atoms with E-state index in [9.17, 15) is 4.79 Å². The van der Waals surface area contributed by atoms with Crippen LogP contribution in [0, 0.1) is 6.92 Å². The second-order valence-electron chi connectivity index (χ2n) is 7.03. The number of nitrogens with zero attached hydrogens (tertiary/aromatic N) is 6. The van der Waals surface area contributed by atoms with Crippen molar-refractivity contribution in [3.8, 4) is 0 Å². The zero-order valence-electron chi connectivity index (χ0n) is 17.4. The summed E-state index contributed by atoms with van der Waals surface area (Å²) >= 11 is 3.38. The first-order valence-corrected chi connectivity index (χ1v) is 10.2. The zero-order chi connectivity index (χ0) is 21.8. The van der Waals surface area contributed by atoms with E-state index in [2.05, 4.69) is 53.1 Å². The van der Waals surface area contributed by atoms with Crippen molar-refractivity contribution in [2.45, 2.75) is 19.9 Å². The number of likely N-dealkylation sites (N-methyl/N-ethyl adjacent to an activating group) is 1. The van der Waals surface area contributed by atoms with Crippen LogP contribution >= 0.6 is 15.9 Å². The minimum atomic E-state index is -0.164. The summed E-state index contributed by atoms with van der Waals surface area (Å²) in [5.41, 5.74) is 3.44. The number of aromatic amines is 1. The van der Waals surface area contributed by atoms with Crippen LogP contribution in [0.5, 0.6) is 0 Å². The molecule has 0 aliphatic carbocycles. The van der Waals surface area contributed by atoms with Gasteiger partial charge in [-0.25, -0.2) is 9.97 Å². The number of carbonyl (C=O) groups excluding carboxylic acids is 1. The number of anilines is 1. The smallest absolute Gasteiger partial charge is 0.274 e. The Hall–Kier alpha value is -2.79. The van der Waals surface area contributed by atoms with Crippen LogP contribution in [0.4, 0.5) is 5.95 Å². The Kier molecular flexibility index (Phi) is 6.83. The summed E-state index contributed by atoms with van der Waals surface area (Å²) in [5.74, 6) is 0.348. The molecule has 11 heteroatoms. The fourth-order valence-electron chi connectivity index (χ4n) is 2.91. The highest BCUT2D eigenvalue weighted by Crippen LogP contribution is 2.22. The van der Waals surface area contributed by atoms with E-state index < -0.39 is 0 Å². The van der Waals surface area contributed by atoms with Crippen molar-refractivity contribution >= 4 is 44.9 Å². The number of aryl methyl sites for hydroxylation is 2. The Morgan fingerprint density at radius 3 is 3.00 bits per heavy atom. The molecule has 0 unspecified atom stereocenters. The van der Waals surface area contributed by atoms with E-state index in [0.29, 0.717) is 41.6 Å². The van der Waals surface area contributed by atoms with Gasteiger partial charge in [-0.15, -0.1) is 0 Å². The van der Waals surface area contributed by atoms with Gasteiger partial charge in [-0.2, -0.15) is 10.2 Å². The normalized spacial score (nSPS) is 12.2. The molecule has 0 aromatic carbocycles. The van der Waals surface area contributed by atoms with Gasteiger partial charge in [-0.3, -0.25) is 14.6 Å². The third-order valence-electron chi connectivity index (χ3n) is 4.49. The zero-order valence-corrected chi connectivity index (χ0v) is 19.0. The van der Waals surface area contributed by atoms with Gasteiger partial charge in [0.1, 0.15) is 11.0 Å². The first kappa shape index (κ1) is 21.9. The summed E-state index contributed by atoms with van der Waals surface area (Å²) in [5, 5.41) is 14.4. The van der Waals surface area contributed by atoms with Crippen molar-refractivity contribution < 1.29 is 9.53 Å². The van der Waals surface area contributed by atoms with E-state index in [1.807, 2.05) is 13.8 Å². The third-order valence-corrected chi connectivity index (χ3v) is 5.04. The van der Waals surface area contributed by atoms with Gasteiger partial charge in [0.15, 0.2) is 10.3 Å². The summed E-state index contributed by atoms with van der Waals surface area (Å²) in [6, 6.07) is -0.0170. The molecule has 1 atom stereocenters. The minimum Gasteiger partial charge on any atom is -0.377 e. The molecule has 0 saturated heterocycles. The number of amides is 1. The highest BCUT2D eigenvalue weighted by molar-refractivity contribution is 9.10. The number of aromatic nitrogens is 6. The third kappa shape index (κ3) is 4.85. The Balaban J connectivity index is 1.47. The van der Waals surface area contributed by atoms with Crippen LogP contribution in [0.25, 0.3) is 17.1 Å². The van der Waals surface area contributed by atoms with Crippen molar-refractivity contribution in [1.82, 2.24) is 34.8 Å². The molecule has 3 heterocycles. The number of halogens is 1. The molecule has 0 saturated carbocycles. The number of nitrogens with one attached hydrogen (secondary N) is 2. The van der Waals surface area contributed by atoms with Gasteiger partial charge in [0.25, 0.3) is 5.91 Å². The van der Waals surface area contributed by atoms with E-state index >= 15 is 0 Å². The first-order valence-electron chi connectivity index (χ1n) is 9.44. The van der Waals surface area contributed by atoms with Gasteiger partial charge in [0, 0.05) is 38.4 Å². The van der Waals surface area contributed by atoms with Gasteiger partial charge in [0.05, 0.1) is 18.9 Å². The number of hydrogen-bond acceptors (Lipinski definition) is 7. The SMILES string of the molecule is C=Cc1cn(C)nc1C(=O)N(C)CCOC[C@@H](C)Nc1nc(C)c2[nH]nc(Br)c2n1. The van der Waals surface area contributed by atoms with Gasteiger partial charge < -0.3 is 15.0 Å². The van der Waals surface area contributed by atoms with Crippen LogP contribution in [0.15, 0.2) is 17.4 Å². The molecule has 30 heavy (non-hydrogen) atoms. The summed E-state index contributed by atoms with van der Waals surface area (Å²) < 4.78 is 7.98. The molecule has 0 bridgehead atoms. The van der Waals surface area contributed by atoms with Gasteiger partial charge >= 0.3 is 0 Å². The lowest BCUT2D eigenvalue weighted by Gasteiger charge is -2.18. The van der Waals surface area contributed by atoms with E-state index in [4.69, 9.17) is 4.74 Å². The Morgan fingerprint density at radius 1 is 1.50 bits per heavy atom. The van der Waals surface area contributed by atoms with Gasteiger partial charge in [0.2, 0.25) is 5.95 Å². The molecule has 10 nitrogen and oxygen atoms in total. The molecule has 0 fully saturated rings. The number of H-pyrrole nitrogens is 1. The van der Waals surface area contributed by atoms with E-state index in [-0.39, 0.29) is 11.9 Å². The topological polar surface area (TPSA) is 114 Å². The maximum atomic E-state index is 12.6. The average molecular weight is 477 g/mol. The van der Waals surface area contributed by atoms with E-state index in [1.54, 1.807) is 35.9 Å². The molecule has 1 amide bonds. The fraction of sp³-hybridized carbons (Fsp3) is 0.421. The van der Waals surface area contributed by atoms with Crippen molar-refractivity contribution in [2.24, 2.45) is 7.05 Å². The minimum absolute atomic E-state index is 0.0170. The highest BCUT2D eigenvalue weighted by atomic mass is 79.9. The second kappa shape index (κ2) is 9.35. The molecular formula is C19H25BrN8O2. The first-order chi connectivity index (χ1) is 14.3. The summed E-state index contributed by atoms with van der Waals surface area (Å²) in [6.07, 6.45) is 3.39. The molecule has 2 N–H and O–H groups in total. The number of rotatable bonds is 9. The summed E-state index contributed by atoms with van der Waals surface area (Å²) in [7, 11) is 3.50. The largest absolute Gasteiger partial charge is 0.377 e.